The van der Waals surface area contributed by atoms with Crippen LogP contribution in [-0.2, 0) is 9.47 Å². The number of fused-ring (bicyclic) bond motifs is 2. The summed E-state index contributed by atoms with van der Waals surface area (Å²) in [5.41, 5.74) is 0.673. The van der Waals surface area contributed by atoms with Crippen LogP contribution in [0.15, 0.2) is 12.2 Å². The van der Waals surface area contributed by atoms with Crippen LogP contribution in [0.25, 0.3) is 0 Å². The van der Waals surface area contributed by atoms with Crippen LogP contribution in [0.5, 0.6) is 0 Å². The molecule has 3 rings (SSSR count). The van der Waals surface area contributed by atoms with Gasteiger partial charge in [0.2, 0.25) is 0 Å². The van der Waals surface area contributed by atoms with Crippen molar-refractivity contribution in [2.75, 3.05) is 13.9 Å². The number of aliphatic hydroxyl groups excluding tert-OH is 1. The van der Waals surface area contributed by atoms with Gasteiger partial charge in [0.1, 0.15) is 6.79 Å². The van der Waals surface area contributed by atoms with Gasteiger partial charge in [0.25, 0.3) is 0 Å². The quantitative estimate of drug-likeness (QED) is 0.585. The van der Waals surface area contributed by atoms with Crippen molar-refractivity contribution in [3.05, 3.63) is 12.2 Å². The molecule has 0 radical (unpaired) electrons. The molecule has 1 N–H and O–H groups in total. The van der Waals surface area contributed by atoms with Crippen molar-refractivity contribution in [3.8, 4) is 0 Å². The monoisotopic (exact) mass is 322 g/mol. The van der Waals surface area contributed by atoms with E-state index in [2.05, 4.69) is 32.9 Å². The van der Waals surface area contributed by atoms with E-state index in [0.29, 0.717) is 29.5 Å². The molecule has 3 fully saturated rings. The first-order valence-corrected chi connectivity index (χ1v) is 9.32. The van der Waals surface area contributed by atoms with Crippen molar-refractivity contribution in [1.82, 2.24) is 0 Å². The summed E-state index contributed by atoms with van der Waals surface area (Å²) in [6, 6.07) is 0. The van der Waals surface area contributed by atoms with Crippen LogP contribution in [0.3, 0.4) is 0 Å². The van der Waals surface area contributed by atoms with E-state index < -0.39 is 0 Å². The number of methoxy groups -OCH3 is 1. The van der Waals surface area contributed by atoms with Crippen molar-refractivity contribution >= 4 is 0 Å². The topological polar surface area (TPSA) is 38.7 Å². The predicted molar refractivity (Wildman–Crippen MR) is 92.0 cm³/mol. The molecule has 3 heteroatoms. The lowest BCUT2D eigenvalue weighted by molar-refractivity contribution is -0.112. The summed E-state index contributed by atoms with van der Waals surface area (Å²) in [6.07, 6.45) is 13.0. The fraction of sp³-hybridized carbons (Fsp3) is 0.900. The fourth-order valence-electron chi connectivity index (χ4n) is 5.64. The Bertz CT molecular complexity index is 458. The summed E-state index contributed by atoms with van der Waals surface area (Å²) >= 11 is 0. The smallest absolute Gasteiger partial charge is 0.147 e. The summed E-state index contributed by atoms with van der Waals surface area (Å²) in [4.78, 5) is 0. The summed E-state index contributed by atoms with van der Waals surface area (Å²) in [6.45, 7) is 7.05. The lowest BCUT2D eigenvalue weighted by Gasteiger charge is -2.44. The maximum Gasteiger partial charge on any atom is 0.147 e. The predicted octanol–water partition coefficient (Wildman–Crippen LogP) is 4.30. The van der Waals surface area contributed by atoms with Gasteiger partial charge in [0, 0.05) is 7.11 Å². The summed E-state index contributed by atoms with van der Waals surface area (Å²) < 4.78 is 10.7. The van der Waals surface area contributed by atoms with Gasteiger partial charge in [-0.3, -0.25) is 0 Å². The van der Waals surface area contributed by atoms with Gasteiger partial charge in [-0.25, -0.2) is 0 Å². The fourth-order valence-corrected chi connectivity index (χ4v) is 5.64. The second-order valence-electron chi connectivity index (χ2n) is 8.93. The van der Waals surface area contributed by atoms with Crippen LogP contribution in [0.1, 0.15) is 65.7 Å². The van der Waals surface area contributed by atoms with Crippen molar-refractivity contribution < 1.29 is 14.6 Å². The first-order chi connectivity index (χ1) is 10.8. The highest BCUT2D eigenvalue weighted by molar-refractivity contribution is 5.23. The molecular weight excluding hydrogens is 288 g/mol. The Morgan fingerprint density at radius 1 is 1.26 bits per heavy atom. The highest BCUT2D eigenvalue weighted by Gasteiger charge is 2.69. The number of hydrogen-bond acceptors (Lipinski definition) is 3. The zero-order valence-electron chi connectivity index (χ0n) is 15.3. The molecule has 0 saturated heterocycles. The molecule has 3 aliphatic carbocycles. The van der Waals surface area contributed by atoms with E-state index in [1.165, 1.54) is 32.1 Å². The first-order valence-electron chi connectivity index (χ1n) is 9.32. The van der Waals surface area contributed by atoms with Gasteiger partial charge in [0.05, 0.1) is 11.7 Å². The standard InChI is InChI=1S/C20H34O3/c1-18(2,23-14-22-4)10-5-7-15-13-20(15)12-9-16-17(21)8-6-11-19(16,20)3/h5,7,15-17,21H,6,8-14H2,1-4H3/b7-5-/t15-,16-,17-,19-,20-/m0/s1. The summed E-state index contributed by atoms with van der Waals surface area (Å²) in [7, 11) is 1.66. The molecule has 0 aliphatic heterocycles. The van der Waals surface area contributed by atoms with Crippen molar-refractivity contribution in [2.24, 2.45) is 22.7 Å². The van der Waals surface area contributed by atoms with E-state index in [1.807, 2.05) is 0 Å². The van der Waals surface area contributed by atoms with E-state index in [4.69, 9.17) is 9.47 Å². The van der Waals surface area contributed by atoms with Crippen molar-refractivity contribution in [2.45, 2.75) is 77.4 Å². The molecule has 0 bridgehead atoms. The molecule has 0 amide bonds. The highest BCUT2D eigenvalue weighted by Crippen LogP contribution is 2.76. The van der Waals surface area contributed by atoms with E-state index >= 15 is 0 Å². The normalized spacial score (nSPS) is 43.3. The van der Waals surface area contributed by atoms with Gasteiger partial charge in [-0.05, 0) is 75.0 Å². The van der Waals surface area contributed by atoms with E-state index in [1.54, 1.807) is 7.11 Å². The lowest BCUT2D eigenvalue weighted by Crippen LogP contribution is -2.41. The molecule has 0 unspecified atom stereocenters. The largest absolute Gasteiger partial charge is 0.393 e. The molecule has 0 aromatic heterocycles. The van der Waals surface area contributed by atoms with Gasteiger partial charge in [0.15, 0.2) is 0 Å². The Morgan fingerprint density at radius 2 is 2.04 bits per heavy atom. The van der Waals surface area contributed by atoms with Crippen LogP contribution < -0.4 is 0 Å². The second-order valence-corrected chi connectivity index (χ2v) is 8.93. The molecule has 5 atom stereocenters. The molecular formula is C20H34O3. The minimum absolute atomic E-state index is 0.0558. The average Bonchev–Trinajstić information content (AvgIpc) is 3.11. The molecule has 132 valence electrons. The third kappa shape index (κ3) is 3.01. The van der Waals surface area contributed by atoms with Crippen LogP contribution >= 0.6 is 0 Å². The molecule has 23 heavy (non-hydrogen) atoms. The zero-order valence-corrected chi connectivity index (χ0v) is 15.3. The Hall–Kier alpha value is -0.380. The molecule has 3 nitrogen and oxygen atoms in total. The average molecular weight is 322 g/mol. The molecule has 1 spiro atoms. The lowest BCUT2D eigenvalue weighted by atomic mass is 9.62. The zero-order chi connectivity index (χ0) is 16.7. The Labute approximate surface area is 141 Å². The van der Waals surface area contributed by atoms with Crippen LogP contribution in [0.2, 0.25) is 0 Å². The third-order valence-electron chi connectivity index (χ3n) is 7.20. The number of rotatable bonds is 6. The number of aliphatic hydroxyl groups is 1. The Kier molecular flexibility index (Phi) is 4.67. The molecule has 3 saturated carbocycles. The maximum absolute atomic E-state index is 10.4. The van der Waals surface area contributed by atoms with Gasteiger partial charge in [-0.2, -0.15) is 0 Å². The van der Waals surface area contributed by atoms with Gasteiger partial charge < -0.3 is 14.6 Å². The number of ether oxygens (including phenoxy) is 2. The Morgan fingerprint density at radius 3 is 2.78 bits per heavy atom. The van der Waals surface area contributed by atoms with E-state index in [9.17, 15) is 5.11 Å². The summed E-state index contributed by atoms with van der Waals surface area (Å²) in [5.74, 6) is 1.25. The number of hydrogen-bond donors (Lipinski definition) is 1. The summed E-state index contributed by atoms with van der Waals surface area (Å²) in [5, 5.41) is 10.4. The third-order valence-corrected chi connectivity index (χ3v) is 7.20. The van der Waals surface area contributed by atoms with Crippen LogP contribution in [-0.4, -0.2) is 30.7 Å². The van der Waals surface area contributed by atoms with E-state index in [-0.39, 0.29) is 11.7 Å². The van der Waals surface area contributed by atoms with Gasteiger partial charge in [-0.15, -0.1) is 0 Å². The van der Waals surface area contributed by atoms with Crippen molar-refractivity contribution in [3.63, 3.8) is 0 Å². The van der Waals surface area contributed by atoms with Crippen molar-refractivity contribution in [1.29, 1.82) is 0 Å². The Balaban J connectivity index is 1.59. The molecule has 3 aliphatic rings. The molecule has 0 aromatic rings. The van der Waals surface area contributed by atoms with Crippen LogP contribution in [0.4, 0.5) is 0 Å². The number of allylic oxidation sites excluding steroid dienone is 1. The van der Waals surface area contributed by atoms with Crippen LogP contribution in [0, 0.1) is 22.7 Å². The SMILES string of the molecule is COCOC(C)(C)C/C=C\[C@H]1C[C@@]12CC[C@H]1[C@@H](O)CCC[C@@]12C. The van der Waals surface area contributed by atoms with Gasteiger partial charge >= 0.3 is 0 Å². The van der Waals surface area contributed by atoms with E-state index in [0.717, 1.165) is 12.8 Å². The first kappa shape index (κ1) is 17.4. The highest BCUT2D eigenvalue weighted by atomic mass is 16.7. The maximum atomic E-state index is 10.4. The minimum Gasteiger partial charge on any atom is -0.393 e. The molecule has 0 aromatic carbocycles. The molecule has 0 heterocycles. The second kappa shape index (κ2) is 6.16. The minimum atomic E-state index is -0.169. The van der Waals surface area contributed by atoms with Gasteiger partial charge in [-0.1, -0.05) is 25.5 Å².